The number of methoxy groups -OCH3 is 1. The van der Waals surface area contributed by atoms with Crippen molar-refractivity contribution in [2.75, 3.05) is 27.5 Å². The molecule has 0 bridgehead atoms. The number of esters is 1. The second-order valence-electron chi connectivity index (χ2n) is 9.93. The number of fused-ring (bicyclic) bond motifs is 1. The zero-order valence-electron chi connectivity index (χ0n) is 23.3. The monoisotopic (exact) mass is 516 g/mol. The zero-order valence-corrected chi connectivity index (χ0v) is 23.3. The molecule has 37 heavy (non-hydrogen) atoms. The van der Waals surface area contributed by atoms with Crippen LogP contribution in [0.4, 0.5) is 4.79 Å². The average molecular weight is 517 g/mol. The molecule has 1 aromatic heterocycles. The summed E-state index contributed by atoms with van der Waals surface area (Å²) in [6.45, 7) is 2.40. The molecule has 0 saturated carbocycles. The first-order valence-corrected chi connectivity index (χ1v) is 14.2. The Hall–Kier alpha value is -2.70. The van der Waals surface area contributed by atoms with Gasteiger partial charge < -0.3 is 24.1 Å². The quantitative estimate of drug-likeness (QED) is 0.110. The maximum Gasteiger partial charge on any atom is 0.412 e. The van der Waals surface area contributed by atoms with Gasteiger partial charge in [-0.15, -0.1) is 0 Å². The lowest BCUT2D eigenvalue weighted by atomic mass is 10.0. The number of H-pyrrole nitrogens is 1. The first-order chi connectivity index (χ1) is 18.0. The fourth-order valence-electron chi connectivity index (χ4n) is 4.49. The second-order valence-corrected chi connectivity index (χ2v) is 9.93. The average Bonchev–Trinajstić information content (AvgIpc) is 3.31. The van der Waals surface area contributed by atoms with Crippen molar-refractivity contribution in [1.29, 1.82) is 0 Å². The number of aromatic amines is 1. The van der Waals surface area contributed by atoms with E-state index in [4.69, 9.17) is 14.2 Å². The van der Waals surface area contributed by atoms with Gasteiger partial charge >= 0.3 is 12.1 Å². The van der Waals surface area contributed by atoms with Crippen LogP contribution in [0.15, 0.2) is 24.4 Å². The third kappa shape index (κ3) is 12.4. The Labute approximate surface area is 223 Å². The van der Waals surface area contributed by atoms with Gasteiger partial charge in [0, 0.05) is 37.1 Å². The van der Waals surface area contributed by atoms with Crippen molar-refractivity contribution in [2.24, 2.45) is 0 Å². The lowest BCUT2D eigenvalue weighted by molar-refractivity contribution is -0.152. The molecule has 1 amide bonds. The topological polar surface area (TPSA) is 80.9 Å². The molecule has 0 spiro atoms. The first-order valence-electron chi connectivity index (χ1n) is 14.2. The van der Waals surface area contributed by atoms with Crippen molar-refractivity contribution in [3.05, 3.63) is 30.0 Å². The third-order valence-electron chi connectivity index (χ3n) is 6.89. The summed E-state index contributed by atoms with van der Waals surface area (Å²) < 4.78 is 15.5. The number of rotatable bonds is 20. The predicted octanol–water partition coefficient (Wildman–Crippen LogP) is 7.77. The molecule has 7 nitrogen and oxygen atoms in total. The molecule has 0 unspecified atom stereocenters. The zero-order chi connectivity index (χ0) is 26.7. The highest BCUT2D eigenvalue weighted by Crippen LogP contribution is 2.24. The Morgan fingerprint density at radius 3 is 2.11 bits per heavy atom. The minimum atomic E-state index is -0.508. The number of ether oxygens (including phenoxy) is 3. The summed E-state index contributed by atoms with van der Waals surface area (Å²) in [5, 5.41) is 1.07. The van der Waals surface area contributed by atoms with Gasteiger partial charge in [-0.3, -0.25) is 4.79 Å². The van der Waals surface area contributed by atoms with E-state index in [1.54, 1.807) is 14.2 Å². The fourth-order valence-corrected chi connectivity index (χ4v) is 4.49. The molecule has 0 atom stereocenters. The number of carbonyl (C=O) groups excluding carboxylic acids is 2. The van der Waals surface area contributed by atoms with Gasteiger partial charge in [0.05, 0.1) is 7.11 Å². The van der Waals surface area contributed by atoms with Crippen molar-refractivity contribution in [2.45, 2.75) is 103 Å². The van der Waals surface area contributed by atoms with Crippen molar-refractivity contribution < 1.29 is 23.8 Å². The van der Waals surface area contributed by atoms with Gasteiger partial charge in [0.15, 0.2) is 0 Å². The number of likely N-dealkylation sites (N-methyl/N-ethyl adjacent to an activating group) is 1. The maximum atomic E-state index is 12.2. The van der Waals surface area contributed by atoms with Crippen molar-refractivity contribution in [3.8, 4) is 5.75 Å². The summed E-state index contributed by atoms with van der Waals surface area (Å²) in [7, 11) is 3.32. The Balaban J connectivity index is 1.46. The third-order valence-corrected chi connectivity index (χ3v) is 6.89. The van der Waals surface area contributed by atoms with Crippen LogP contribution in [0.25, 0.3) is 10.9 Å². The molecular weight excluding hydrogens is 468 g/mol. The van der Waals surface area contributed by atoms with Crippen molar-refractivity contribution in [3.63, 3.8) is 0 Å². The van der Waals surface area contributed by atoms with Gasteiger partial charge in [-0.2, -0.15) is 0 Å². The van der Waals surface area contributed by atoms with Gasteiger partial charge in [0.1, 0.15) is 5.75 Å². The van der Waals surface area contributed by atoms with E-state index in [1.807, 2.05) is 24.4 Å². The lowest BCUT2D eigenvalue weighted by Crippen LogP contribution is -2.30. The molecule has 1 aromatic carbocycles. The molecule has 208 valence electrons. The molecular formula is C30H48N2O5. The minimum absolute atomic E-state index is 0.314. The number of amides is 1. The standard InChI is InChI=1S/C30H48N2O5/c1-4-5-6-7-8-9-10-11-12-13-14-15-16-17-29(33)36-24-37-30(34)32(2)21-20-25-23-31-28-19-18-26(35-3)22-27(25)28/h18-19,22-23,31H,4-17,20-21,24H2,1-3H3. The minimum Gasteiger partial charge on any atom is -0.497 e. The summed E-state index contributed by atoms with van der Waals surface area (Å²) >= 11 is 0. The Morgan fingerprint density at radius 2 is 1.49 bits per heavy atom. The summed E-state index contributed by atoms with van der Waals surface area (Å²) in [6.07, 6.45) is 18.9. The normalized spacial score (nSPS) is 11.0. The number of nitrogens with zero attached hydrogens (tertiary/aromatic N) is 1. The van der Waals surface area contributed by atoms with E-state index in [0.717, 1.165) is 41.5 Å². The molecule has 0 fully saturated rings. The highest BCUT2D eigenvalue weighted by atomic mass is 16.7. The molecule has 0 radical (unpaired) electrons. The molecule has 2 aromatic rings. The summed E-state index contributed by atoms with van der Waals surface area (Å²) in [5.74, 6) is 0.480. The number of benzene rings is 1. The Kier molecular flexibility index (Phi) is 15.3. The number of hydrogen-bond acceptors (Lipinski definition) is 5. The number of nitrogens with one attached hydrogen (secondary N) is 1. The Morgan fingerprint density at radius 1 is 0.865 bits per heavy atom. The van der Waals surface area contributed by atoms with E-state index in [9.17, 15) is 9.59 Å². The van der Waals surface area contributed by atoms with Crippen LogP contribution in [0.2, 0.25) is 0 Å². The number of carbonyl (C=O) groups is 2. The number of aromatic nitrogens is 1. The smallest absolute Gasteiger partial charge is 0.412 e. The van der Waals surface area contributed by atoms with E-state index in [1.165, 1.54) is 69.1 Å². The van der Waals surface area contributed by atoms with E-state index in [0.29, 0.717) is 19.4 Å². The van der Waals surface area contributed by atoms with E-state index >= 15 is 0 Å². The van der Waals surface area contributed by atoms with E-state index in [2.05, 4.69) is 11.9 Å². The van der Waals surface area contributed by atoms with Gasteiger partial charge in [0.25, 0.3) is 0 Å². The molecule has 0 aliphatic carbocycles. The van der Waals surface area contributed by atoms with E-state index in [-0.39, 0.29) is 12.8 Å². The number of hydrogen-bond donors (Lipinski definition) is 1. The van der Waals surface area contributed by atoms with Crippen LogP contribution >= 0.6 is 0 Å². The molecule has 7 heteroatoms. The number of unbranched alkanes of at least 4 members (excludes halogenated alkanes) is 12. The fraction of sp³-hybridized carbons (Fsp3) is 0.667. The van der Waals surface area contributed by atoms with Crippen LogP contribution in [0.5, 0.6) is 5.75 Å². The lowest BCUT2D eigenvalue weighted by Gasteiger charge is -2.16. The summed E-state index contributed by atoms with van der Waals surface area (Å²) in [5.41, 5.74) is 2.12. The van der Waals surface area contributed by atoms with Crippen LogP contribution < -0.4 is 4.74 Å². The van der Waals surface area contributed by atoms with Crippen molar-refractivity contribution >= 4 is 23.0 Å². The molecule has 2 rings (SSSR count). The molecule has 0 saturated heterocycles. The first kappa shape index (κ1) is 30.5. The maximum absolute atomic E-state index is 12.2. The van der Waals surface area contributed by atoms with Crippen LogP contribution in [-0.4, -0.2) is 49.4 Å². The van der Waals surface area contributed by atoms with Gasteiger partial charge in [-0.05, 0) is 36.6 Å². The van der Waals surface area contributed by atoms with Crippen LogP contribution in [0, 0.1) is 0 Å². The van der Waals surface area contributed by atoms with Crippen molar-refractivity contribution in [1.82, 2.24) is 9.88 Å². The SMILES string of the molecule is CCCCCCCCCCCCCCCC(=O)OCOC(=O)N(C)CCc1c[nH]c2ccc(OC)cc12. The van der Waals surface area contributed by atoms with Gasteiger partial charge in [-0.1, -0.05) is 84.0 Å². The van der Waals surface area contributed by atoms with Crippen LogP contribution in [0.1, 0.15) is 102 Å². The molecule has 0 aliphatic heterocycles. The highest BCUT2D eigenvalue weighted by molar-refractivity contribution is 5.84. The highest BCUT2D eigenvalue weighted by Gasteiger charge is 2.13. The van der Waals surface area contributed by atoms with Gasteiger partial charge in [-0.25, -0.2) is 4.79 Å². The van der Waals surface area contributed by atoms with Crippen LogP contribution in [0.3, 0.4) is 0 Å². The van der Waals surface area contributed by atoms with E-state index < -0.39 is 6.09 Å². The molecule has 1 heterocycles. The molecule has 1 N–H and O–H groups in total. The molecule has 0 aliphatic rings. The summed E-state index contributed by atoms with van der Waals surface area (Å²) in [6, 6.07) is 5.87. The second kappa shape index (κ2) is 18.5. The largest absolute Gasteiger partial charge is 0.497 e. The van der Waals surface area contributed by atoms with Gasteiger partial charge in [0.2, 0.25) is 6.79 Å². The predicted molar refractivity (Wildman–Crippen MR) is 149 cm³/mol. The summed E-state index contributed by atoms with van der Waals surface area (Å²) in [4.78, 5) is 28.9. The Bertz CT molecular complexity index is 911. The van der Waals surface area contributed by atoms with Crippen LogP contribution in [-0.2, 0) is 20.7 Å².